The second-order valence-electron chi connectivity index (χ2n) is 2.55. The molecule has 0 fully saturated rings. The van der Waals surface area contributed by atoms with Crippen molar-refractivity contribution in [2.75, 3.05) is 6.54 Å². The molecule has 7 nitrogen and oxygen atoms in total. The van der Waals surface area contributed by atoms with Crippen LogP contribution in [0.15, 0.2) is 6.20 Å². The number of nitrogens with two attached hydrogens (primary N) is 1. The minimum atomic E-state index is -1.05. The summed E-state index contributed by atoms with van der Waals surface area (Å²) in [6, 6.07) is 0. The van der Waals surface area contributed by atoms with E-state index in [0.717, 1.165) is 6.20 Å². The van der Waals surface area contributed by atoms with Gasteiger partial charge in [0.1, 0.15) is 18.0 Å². The van der Waals surface area contributed by atoms with Crippen LogP contribution in [-0.2, 0) is 7.05 Å². The van der Waals surface area contributed by atoms with Gasteiger partial charge in [-0.05, 0) is 0 Å². The molecule has 1 aromatic heterocycles. The van der Waals surface area contributed by atoms with Crippen molar-refractivity contribution < 1.29 is 10.0 Å². The van der Waals surface area contributed by atoms with E-state index in [-0.39, 0.29) is 17.9 Å². The highest BCUT2D eigenvalue weighted by molar-refractivity contribution is 5.34. The van der Waals surface area contributed by atoms with Gasteiger partial charge in [-0.15, -0.1) is 0 Å². The SMILES string of the molecule is Cn1ncc([N+](=O)[O-])c1C(O)CN. The molecule has 72 valence electrons. The summed E-state index contributed by atoms with van der Waals surface area (Å²) in [5.74, 6) is 0. The van der Waals surface area contributed by atoms with Gasteiger partial charge in [0.15, 0.2) is 0 Å². The Morgan fingerprint density at radius 1 is 1.92 bits per heavy atom. The van der Waals surface area contributed by atoms with Gasteiger partial charge in [0, 0.05) is 13.6 Å². The summed E-state index contributed by atoms with van der Waals surface area (Å²) in [5, 5.41) is 23.5. The lowest BCUT2D eigenvalue weighted by Gasteiger charge is -2.06. The van der Waals surface area contributed by atoms with E-state index in [9.17, 15) is 15.2 Å². The maximum absolute atomic E-state index is 10.5. The molecule has 0 aliphatic heterocycles. The summed E-state index contributed by atoms with van der Waals surface area (Å²) in [6.45, 7) is -0.0691. The predicted octanol–water partition coefficient (Wildman–Crippen LogP) is -0.680. The van der Waals surface area contributed by atoms with Crippen molar-refractivity contribution in [2.45, 2.75) is 6.10 Å². The minimum Gasteiger partial charge on any atom is -0.385 e. The highest BCUT2D eigenvalue weighted by Crippen LogP contribution is 2.22. The third kappa shape index (κ3) is 1.65. The Kier molecular flexibility index (Phi) is 2.59. The van der Waals surface area contributed by atoms with Crippen LogP contribution in [0.1, 0.15) is 11.8 Å². The largest absolute Gasteiger partial charge is 0.385 e. The molecule has 0 aliphatic carbocycles. The summed E-state index contributed by atoms with van der Waals surface area (Å²) >= 11 is 0. The van der Waals surface area contributed by atoms with Crippen LogP contribution in [0.2, 0.25) is 0 Å². The molecule has 1 aromatic rings. The Morgan fingerprint density at radius 2 is 2.54 bits per heavy atom. The van der Waals surface area contributed by atoms with E-state index >= 15 is 0 Å². The van der Waals surface area contributed by atoms with E-state index in [1.807, 2.05) is 0 Å². The maximum atomic E-state index is 10.5. The van der Waals surface area contributed by atoms with Crippen LogP contribution in [0.5, 0.6) is 0 Å². The molecule has 0 amide bonds. The Hall–Kier alpha value is -1.47. The first-order valence-corrected chi connectivity index (χ1v) is 3.62. The molecular formula is C6H10N4O3. The number of aliphatic hydroxyl groups excluding tert-OH is 1. The van der Waals surface area contributed by atoms with Gasteiger partial charge in [0.2, 0.25) is 0 Å². The first-order chi connectivity index (χ1) is 6.07. The average molecular weight is 186 g/mol. The van der Waals surface area contributed by atoms with E-state index in [1.165, 1.54) is 11.7 Å². The second-order valence-corrected chi connectivity index (χ2v) is 2.55. The number of nitrogens with zero attached hydrogens (tertiary/aromatic N) is 3. The van der Waals surface area contributed by atoms with Gasteiger partial charge in [0.25, 0.3) is 0 Å². The van der Waals surface area contributed by atoms with Gasteiger partial charge in [-0.3, -0.25) is 14.8 Å². The van der Waals surface area contributed by atoms with E-state index in [4.69, 9.17) is 5.73 Å². The molecule has 0 saturated heterocycles. The fourth-order valence-electron chi connectivity index (χ4n) is 1.07. The van der Waals surface area contributed by atoms with Crippen molar-refractivity contribution in [3.8, 4) is 0 Å². The van der Waals surface area contributed by atoms with Gasteiger partial charge in [-0.2, -0.15) is 5.10 Å². The third-order valence-corrected chi connectivity index (χ3v) is 1.70. The summed E-state index contributed by atoms with van der Waals surface area (Å²) in [7, 11) is 1.52. The van der Waals surface area contributed by atoms with Crippen molar-refractivity contribution in [1.82, 2.24) is 9.78 Å². The number of rotatable bonds is 3. The number of aryl methyl sites for hydroxylation is 1. The topological polar surface area (TPSA) is 107 Å². The normalized spacial score (nSPS) is 12.8. The molecular weight excluding hydrogens is 176 g/mol. The number of hydrogen-bond donors (Lipinski definition) is 2. The Bertz CT molecular complexity index is 322. The highest BCUT2D eigenvalue weighted by Gasteiger charge is 2.24. The first-order valence-electron chi connectivity index (χ1n) is 3.62. The van der Waals surface area contributed by atoms with Gasteiger partial charge < -0.3 is 10.8 Å². The lowest BCUT2D eigenvalue weighted by Crippen LogP contribution is -2.16. The quantitative estimate of drug-likeness (QED) is 0.480. The lowest BCUT2D eigenvalue weighted by atomic mass is 10.2. The molecule has 1 unspecified atom stereocenters. The Morgan fingerprint density at radius 3 is 3.00 bits per heavy atom. The van der Waals surface area contributed by atoms with Crippen LogP contribution in [-0.4, -0.2) is 26.4 Å². The van der Waals surface area contributed by atoms with E-state index < -0.39 is 11.0 Å². The zero-order valence-electron chi connectivity index (χ0n) is 7.04. The highest BCUT2D eigenvalue weighted by atomic mass is 16.6. The first kappa shape index (κ1) is 9.62. The minimum absolute atomic E-state index is 0.0691. The van der Waals surface area contributed by atoms with E-state index in [2.05, 4.69) is 5.10 Å². The smallest absolute Gasteiger partial charge is 0.312 e. The van der Waals surface area contributed by atoms with Gasteiger partial charge in [0.05, 0.1) is 4.92 Å². The van der Waals surface area contributed by atoms with E-state index in [0.29, 0.717) is 0 Å². The molecule has 3 N–H and O–H groups in total. The molecule has 1 heterocycles. The maximum Gasteiger partial charge on any atom is 0.312 e. The lowest BCUT2D eigenvalue weighted by molar-refractivity contribution is -0.386. The molecule has 0 saturated carbocycles. The van der Waals surface area contributed by atoms with Gasteiger partial charge >= 0.3 is 5.69 Å². The van der Waals surface area contributed by atoms with Crippen LogP contribution in [0, 0.1) is 10.1 Å². The number of aromatic nitrogens is 2. The zero-order valence-corrected chi connectivity index (χ0v) is 7.04. The predicted molar refractivity (Wildman–Crippen MR) is 43.9 cm³/mol. The molecule has 7 heteroatoms. The van der Waals surface area contributed by atoms with Crippen molar-refractivity contribution in [1.29, 1.82) is 0 Å². The molecule has 0 aromatic carbocycles. The molecule has 13 heavy (non-hydrogen) atoms. The number of hydrogen-bond acceptors (Lipinski definition) is 5. The van der Waals surface area contributed by atoms with E-state index in [1.54, 1.807) is 0 Å². The fraction of sp³-hybridized carbons (Fsp3) is 0.500. The van der Waals surface area contributed by atoms with Gasteiger partial charge in [-0.25, -0.2) is 0 Å². The zero-order chi connectivity index (χ0) is 10.0. The molecule has 0 spiro atoms. The van der Waals surface area contributed by atoms with Gasteiger partial charge in [-0.1, -0.05) is 0 Å². The van der Waals surface area contributed by atoms with Crippen molar-refractivity contribution in [3.05, 3.63) is 22.0 Å². The molecule has 0 radical (unpaired) electrons. The molecule has 0 aliphatic rings. The summed E-state index contributed by atoms with van der Waals surface area (Å²) in [5.41, 5.74) is 5.11. The van der Waals surface area contributed by atoms with Crippen LogP contribution in [0.4, 0.5) is 5.69 Å². The molecule has 1 rings (SSSR count). The van der Waals surface area contributed by atoms with Crippen LogP contribution in [0.25, 0.3) is 0 Å². The Labute approximate surface area is 73.9 Å². The van der Waals surface area contributed by atoms with Crippen molar-refractivity contribution in [2.24, 2.45) is 12.8 Å². The molecule has 1 atom stereocenters. The van der Waals surface area contributed by atoms with Crippen LogP contribution in [0.3, 0.4) is 0 Å². The standard InChI is InChI=1S/C6H10N4O3/c1-9-6(5(11)2-7)4(3-8-9)10(12)13/h3,5,11H,2,7H2,1H3. The Balaban J connectivity index is 3.15. The monoisotopic (exact) mass is 186 g/mol. The summed E-state index contributed by atoms with van der Waals surface area (Å²) < 4.78 is 1.25. The van der Waals surface area contributed by atoms with Crippen LogP contribution >= 0.6 is 0 Å². The summed E-state index contributed by atoms with van der Waals surface area (Å²) in [4.78, 5) is 9.86. The summed E-state index contributed by atoms with van der Waals surface area (Å²) in [6.07, 6.45) is 0.0432. The second kappa shape index (κ2) is 3.50. The van der Waals surface area contributed by atoms with Crippen molar-refractivity contribution >= 4 is 5.69 Å². The average Bonchev–Trinajstić information content (AvgIpc) is 2.46. The number of nitro groups is 1. The molecule has 0 bridgehead atoms. The van der Waals surface area contributed by atoms with Crippen LogP contribution < -0.4 is 5.73 Å². The third-order valence-electron chi connectivity index (χ3n) is 1.70. The fourth-order valence-corrected chi connectivity index (χ4v) is 1.07. The van der Waals surface area contributed by atoms with Crippen molar-refractivity contribution in [3.63, 3.8) is 0 Å². The number of aliphatic hydroxyl groups is 1.